The van der Waals surface area contributed by atoms with Gasteiger partial charge in [-0.15, -0.1) is 0 Å². The molecule has 0 aliphatic heterocycles. The Morgan fingerprint density at radius 3 is 2.68 bits per heavy atom. The molecule has 2 N–H and O–H groups in total. The van der Waals surface area contributed by atoms with Crippen molar-refractivity contribution in [2.24, 2.45) is 0 Å². The first-order chi connectivity index (χ1) is 8.97. The fourth-order valence-corrected chi connectivity index (χ4v) is 3.03. The summed E-state index contributed by atoms with van der Waals surface area (Å²) in [6.45, 7) is 0. The maximum Gasteiger partial charge on any atom is 0.178 e. The highest BCUT2D eigenvalue weighted by Gasteiger charge is 2.16. The van der Waals surface area contributed by atoms with E-state index in [0.717, 1.165) is 17.7 Å². The van der Waals surface area contributed by atoms with Crippen LogP contribution in [0.4, 0.5) is 10.1 Å². The molecule has 0 spiro atoms. The van der Waals surface area contributed by atoms with Gasteiger partial charge in [0.15, 0.2) is 9.84 Å². The summed E-state index contributed by atoms with van der Waals surface area (Å²) in [5.74, 6) is -0.762. The molecule has 1 heterocycles. The zero-order chi connectivity index (χ0) is 13.9. The fourth-order valence-electron chi connectivity index (χ4n) is 1.68. The zero-order valence-corrected chi connectivity index (χ0v) is 10.9. The minimum atomic E-state index is -3.55. The van der Waals surface area contributed by atoms with Crippen molar-refractivity contribution in [2.45, 2.75) is 11.3 Å². The highest BCUT2D eigenvalue weighted by Crippen LogP contribution is 2.18. The lowest BCUT2D eigenvalue weighted by Crippen LogP contribution is -2.10. The summed E-state index contributed by atoms with van der Waals surface area (Å²) in [6, 6.07) is 6.86. The SMILES string of the molecule is Nc1cc(F)cc(S(=O)(=O)CCc2cccnc2)c1. The molecule has 19 heavy (non-hydrogen) atoms. The van der Waals surface area contributed by atoms with Crippen molar-refractivity contribution < 1.29 is 12.8 Å². The lowest BCUT2D eigenvalue weighted by Gasteiger charge is -2.06. The van der Waals surface area contributed by atoms with Crippen molar-refractivity contribution >= 4 is 15.5 Å². The Bertz CT molecular complexity index is 652. The number of halogens is 1. The summed E-state index contributed by atoms with van der Waals surface area (Å²) < 4.78 is 37.3. The number of hydrogen-bond acceptors (Lipinski definition) is 4. The largest absolute Gasteiger partial charge is 0.399 e. The second-order valence-corrected chi connectivity index (χ2v) is 6.26. The van der Waals surface area contributed by atoms with Gasteiger partial charge < -0.3 is 5.73 Å². The van der Waals surface area contributed by atoms with Gasteiger partial charge in [0.05, 0.1) is 10.6 Å². The van der Waals surface area contributed by atoms with Gasteiger partial charge in [0.25, 0.3) is 0 Å². The van der Waals surface area contributed by atoms with Crippen molar-refractivity contribution in [1.82, 2.24) is 4.98 Å². The number of anilines is 1. The molecule has 0 aliphatic carbocycles. The second-order valence-electron chi connectivity index (χ2n) is 4.15. The number of sulfone groups is 1. The molecule has 0 aliphatic rings. The number of pyridine rings is 1. The highest BCUT2D eigenvalue weighted by molar-refractivity contribution is 7.91. The minimum absolute atomic E-state index is 0.0890. The molecule has 0 bridgehead atoms. The summed E-state index contributed by atoms with van der Waals surface area (Å²) in [5, 5.41) is 0. The topological polar surface area (TPSA) is 73.1 Å². The number of hydrogen-bond donors (Lipinski definition) is 1. The molecule has 1 aromatic carbocycles. The third-order valence-electron chi connectivity index (χ3n) is 2.64. The Balaban J connectivity index is 2.19. The van der Waals surface area contributed by atoms with Gasteiger partial charge in [0.2, 0.25) is 0 Å². The summed E-state index contributed by atoms with van der Waals surface area (Å²) in [5.41, 5.74) is 6.36. The van der Waals surface area contributed by atoms with Gasteiger partial charge in [-0.25, -0.2) is 12.8 Å². The molecule has 2 rings (SSSR count). The van der Waals surface area contributed by atoms with Gasteiger partial charge >= 0.3 is 0 Å². The molecule has 0 unspecified atom stereocenters. The molecule has 0 radical (unpaired) electrons. The number of nitrogens with two attached hydrogens (primary N) is 1. The zero-order valence-electron chi connectivity index (χ0n) is 10.1. The smallest absolute Gasteiger partial charge is 0.178 e. The number of rotatable bonds is 4. The lowest BCUT2D eigenvalue weighted by molar-refractivity contribution is 0.590. The minimum Gasteiger partial charge on any atom is -0.399 e. The molecule has 0 amide bonds. The van der Waals surface area contributed by atoms with Crippen LogP contribution in [0.25, 0.3) is 0 Å². The van der Waals surface area contributed by atoms with E-state index in [1.807, 2.05) is 0 Å². The van der Waals surface area contributed by atoms with Crippen molar-refractivity contribution in [3.63, 3.8) is 0 Å². The van der Waals surface area contributed by atoms with E-state index in [-0.39, 0.29) is 16.3 Å². The Morgan fingerprint density at radius 2 is 2.05 bits per heavy atom. The van der Waals surface area contributed by atoms with Crippen molar-refractivity contribution in [3.05, 3.63) is 54.1 Å². The van der Waals surface area contributed by atoms with Crippen LogP contribution in [0.1, 0.15) is 5.56 Å². The van der Waals surface area contributed by atoms with Crippen molar-refractivity contribution in [3.8, 4) is 0 Å². The maximum absolute atomic E-state index is 13.2. The van der Waals surface area contributed by atoms with Crippen LogP contribution < -0.4 is 5.73 Å². The molecule has 0 saturated heterocycles. The van der Waals surface area contributed by atoms with Crippen LogP contribution in [-0.4, -0.2) is 19.2 Å². The van der Waals surface area contributed by atoms with Gasteiger partial charge in [0, 0.05) is 18.1 Å². The van der Waals surface area contributed by atoms with E-state index in [1.54, 1.807) is 24.5 Å². The van der Waals surface area contributed by atoms with E-state index in [9.17, 15) is 12.8 Å². The second kappa shape index (κ2) is 5.36. The van der Waals surface area contributed by atoms with Crippen molar-refractivity contribution in [1.29, 1.82) is 0 Å². The summed E-state index contributed by atoms with van der Waals surface area (Å²) in [7, 11) is -3.55. The van der Waals surface area contributed by atoms with E-state index in [2.05, 4.69) is 4.98 Å². The van der Waals surface area contributed by atoms with E-state index in [4.69, 9.17) is 5.73 Å². The first-order valence-corrected chi connectivity index (χ1v) is 7.30. The fraction of sp³-hybridized carbons (Fsp3) is 0.154. The van der Waals surface area contributed by atoms with E-state index in [1.165, 1.54) is 6.07 Å². The standard InChI is InChI=1S/C13H13FN2O2S/c14-11-6-12(15)8-13(7-11)19(17,18)5-3-10-2-1-4-16-9-10/h1-2,4,6-9H,3,5,15H2. The molecule has 1 aromatic heterocycles. The van der Waals surface area contributed by atoms with E-state index < -0.39 is 15.7 Å². The average molecular weight is 280 g/mol. The van der Waals surface area contributed by atoms with Crippen LogP contribution in [0.3, 0.4) is 0 Å². The third-order valence-corrected chi connectivity index (χ3v) is 4.33. The molecule has 0 fully saturated rings. The number of nitrogen functional groups attached to an aromatic ring is 1. The normalized spacial score (nSPS) is 11.4. The van der Waals surface area contributed by atoms with Gasteiger partial charge in [-0.05, 0) is 36.2 Å². The number of benzene rings is 1. The Hall–Kier alpha value is -1.95. The molecule has 6 heteroatoms. The lowest BCUT2D eigenvalue weighted by atomic mass is 10.2. The third kappa shape index (κ3) is 3.51. The number of aryl methyl sites for hydroxylation is 1. The summed E-state index contributed by atoms with van der Waals surface area (Å²) in [6.07, 6.45) is 3.55. The van der Waals surface area contributed by atoms with Crippen LogP contribution in [0.15, 0.2) is 47.6 Å². The monoisotopic (exact) mass is 280 g/mol. The first kappa shape index (κ1) is 13.5. The molecular weight excluding hydrogens is 267 g/mol. The van der Waals surface area contributed by atoms with Gasteiger partial charge in [-0.2, -0.15) is 0 Å². The average Bonchev–Trinajstić information content (AvgIpc) is 2.37. The molecule has 0 saturated carbocycles. The Kier molecular flexibility index (Phi) is 3.80. The van der Waals surface area contributed by atoms with Crippen LogP contribution in [0.2, 0.25) is 0 Å². The van der Waals surface area contributed by atoms with E-state index >= 15 is 0 Å². The Morgan fingerprint density at radius 1 is 1.26 bits per heavy atom. The number of aromatic nitrogens is 1. The molecular formula is C13H13FN2O2S. The van der Waals surface area contributed by atoms with Crippen molar-refractivity contribution in [2.75, 3.05) is 11.5 Å². The van der Waals surface area contributed by atoms with Crippen LogP contribution in [-0.2, 0) is 16.3 Å². The first-order valence-electron chi connectivity index (χ1n) is 5.65. The Labute approximate surface area is 111 Å². The molecule has 0 atom stereocenters. The van der Waals surface area contributed by atoms with Crippen LogP contribution >= 0.6 is 0 Å². The molecule has 4 nitrogen and oxygen atoms in total. The van der Waals surface area contributed by atoms with Gasteiger partial charge in [0.1, 0.15) is 5.82 Å². The summed E-state index contributed by atoms with van der Waals surface area (Å²) in [4.78, 5) is 3.82. The summed E-state index contributed by atoms with van der Waals surface area (Å²) >= 11 is 0. The van der Waals surface area contributed by atoms with Gasteiger partial charge in [-0.1, -0.05) is 6.07 Å². The van der Waals surface area contributed by atoms with Crippen LogP contribution in [0.5, 0.6) is 0 Å². The molecule has 2 aromatic rings. The highest BCUT2D eigenvalue weighted by atomic mass is 32.2. The van der Waals surface area contributed by atoms with Gasteiger partial charge in [-0.3, -0.25) is 4.98 Å². The number of nitrogens with zero attached hydrogens (tertiary/aromatic N) is 1. The predicted octanol–water partition coefficient (Wildman–Crippen LogP) is 1.82. The quantitative estimate of drug-likeness (QED) is 0.867. The maximum atomic E-state index is 13.2. The molecule has 100 valence electrons. The van der Waals surface area contributed by atoms with Crippen LogP contribution in [0, 0.1) is 5.82 Å². The van der Waals surface area contributed by atoms with E-state index in [0.29, 0.717) is 6.42 Å². The predicted molar refractivity (Wildman–Crippen MR) is 70.8 cm³/mol.